The summed E-state index contributed by atoms with van der Waals surface area (Å²) in [4.78, 5) is 11.9. The molecular formula is C16H20N2O5. The average Bonchev–Trinajstić information content (AvgIpc) is 2.98. The second-order valence-electron chi connectivity index (χ2n) is 5.60. The van der Waals surface area contributed by atoms with Crippen LogP contribution in [0.15, 0.2) is 23.3 Å². The molecule has 7 nitrogen and oxygen atoms in total. The van der Waals surface area contributed by atoms with Crippen molar-refractivity contribution in [2.24, 2.45) is 5.10 Å². The molecule has 0 spiro atoms. The standard InChI is InChI=1S/C16H20N2O5/c1-11(12-3-4-13-14(9-12)21-6-5-20-13)17-18-15(19)10-16(2)22-7-8-23-16/h3-4,9H,5-8,10H2,1-2H3,(H,18,19)/b17-11-. The van der Waals surface area contributed by atoms with E-state index in [-0.39, 0.29) is 12.3 Å². The number of hydrogen-bond acceptors (Lipinski definition) is 6. The van der Waals surface area contributed by atoms with E-state index >= 15 is 0 Å². The zero-order valence-corrected chi connectivity index (χ0v) is 13.3. The highest BCUT2D eigenvalue weighted by Gasteiger charge is 2.33. The minimum atomic E-state index is -0.857. The van der Waals surface area contributed by atoms with Crippen molar-refractivity contribution in [2.45, 2.75) is 26.1 Å². The van der Waals surface area contributed by atoms with Gasteiger partial charge in [0.15, 0.2) is 17.3 Å². The van der Waals surface area contributed by atoms with Crippen LogP contribution < -0.4 is 14.9 Å². The fraction of sp³-hybridized carbons (Fsp3) is 0.500. The highest BCUT2D eigenvalue weighted by Crippen LogP contribution is 2.30. The molecule has 3 rings (SSSR count). The lowest BCUT2D eigenvalue weighted by Gasteiger charge is -2.20. The number of hydrazone groups is 1. The Bertz CT molecular complexity index is 623. The molecule has 1 saturated heterocycles. The van der Waals surface area contributed by atoms with Crippen molar-refractivity contribution >= 4 is 11.6 Å². The number of rotatable bonds is 4. The fourth-order valence-electron chi connectivity index (χ4n) is 2.47. The van der Waals surface area contributed by atoms with Crippen LogP contribution in [-0.2, 0) is 14.3 Å². The van der Waals surface area contributed by atoms with Crippen LogP contribution in [0, 0.1) is 0 Å². The van der Waals surface area contributed by atoms with Crippen molar-refractivity contribution in [3.8, 4) is 11.5 Å². The Morgan fingerprint density at radius 3 is 2.61 bits per heavy atom. The zero-order chi connectivity index (χ0) is 16.3. The Kier molecular flexibility index (Phi) is 4.49. The molecule has 0 saturated carbocycles. The second-order valence-corrected chi connectivity index (χ2v) is 5.60. The number of hydrogen-bond donors (Lipinski definition) is 1. The summed E-state index contributed by atoms with van der Waals surface area (Å²) in [6, 6.07) is 5.57. The third-order valence-corrected chi connectivity index (χ3v) is 3.69. The van der Waals surface area contributed by atoms with Gasteiger partial charge in [-0.1, -0.05) is 0 Å². The Morgan fingerprint density at radius 1 is 1.17 bits per heavy atom. The highest BCUT2D eigenvalue weighted by atomic mass is 16.7. The maximum absolute atomic E-state index is 11.9. The van der Waals surface area contributed by atoms with Gasteiger partial charge in [-0.05, 0) is 32.0 Å². The number of benzene rings is 1. The monoisotopic (exact) mass is 320 g/mol. The first-order chi connectivity index (χ1) is 11.1. The smallest absolute Gasteiger partial charge is 0.245 e. The van der Waals surface area contributed by atoms with Gasteiger partial charge in [0.05, 0.1) is 25.3 Å². The van der Waals surface area contributed by atoms with E-state index in [1.165, 1.54) is 0 Å². The molecule has 1 fully saturated rings. The Morgan fingerprint density at radius 2 is 1.87 bits per heavy atom. The lowest BCUT2D eigenvalue weighted by atomic mass is 10.1. The molecule has 2 heterocycles. The number of nitrogens with zero attached hydrogens (tertiary/aromatic N) is 1. The van der Waals surface area contributed by atoms with E-state index < -0.39 is 5.79 Å². The predicted octanol–water partition coefficient (Wildman–Crippen LogP) is 1.45. The number of carbonyl (C=O) groups is 1. The summed E-state index contributed by atoms with van der Waals surface area (Å²) in [6.07, 6.45) is 0.102. The first kappa shape index (κ1) is 15.8. The summed E-state index contributed by atoms with van der Waals surface area (Å²) in [7, 11) is 0. The van der Waals surface area contributed by atoms with E-state index in [0.717, 1.165) is 11.3 Å². The Labute approximate surface area is 134 Å². The van der Waals surface area contributed by atoms with Crippen molar-refractivity contribution in [3.63, 3.8) is 0 Å². The Balaban J connectivity index is 1.62. The molecule has 2 aliphatic heterocycles. The third kappa shape index (κ3) is 3.80. The molecule has 0 aliphatic carbocycles. The third-order valence-electron chi connectivity index (χ3n) is 3.69. The number of amides is 1. The van der Waals surface area contributed by atoms with E-state index in [1.807, 2.05) is 25.1 Å². The molecule has 2 aliphatic rings. The van der Waals surface area contributed by atoms with Crippen LogP contribution in [0.1, 0.15) is 25.8 Å². The molecule has 0 bridgehead atoms. The van der Waals surface area contributed by atoms with Crippen LogP contribution >= 0.6 is 0 Å². The quantitative estimate of drug-likeness (QED) is 0.671. The molecule has 1 aromatic carbocycles. The van der Waals surface area contributed by atoms with Crippen molar-refractivity contribution in [2.75, 3.05) is 26.4 Å². The average molecular weight is 320 g/mol. The fourth-order valence-corrected chi connectivity index (χ4v) is 2.47. The largest absolute Gasteiger partial charge is 0.486 e. The van der Waals surface area contributed by atoms with Crippen LogP contribution in [0.4, 0.5) is 0 Å². The SMILES string of the molecule is C/C(=N/NC(=O)CC1(C)OCCO1)c1ccc2c(c1)OCCO2. The number of nitrogens with one attached hydrogen (secondary N) is 1. The molecule has 0 atom stereocenters. The van der Waals surface area contributed by atoms with Gasteiger partial charge in [0.2, 0.25) is 5.91 Å². The molecule has 1 N–H and O–H groups in total. The van der Waals surface area contributed by atoms with E-state index in [4.69, 9.17) is 18.9 Å². The molecule has 0 radical (unpaired) electrons. The normalized spacial score (nSPS) is 19.5. The van der Waals surface area contributed by atoms with Gasteiger partial charge in [0.25, 0.3) is 0 Å². The van der Waals surface area contributed by atoms with Gasteiger partial charge in [0.1, 0.15) is 13.2 Å². The summed E-state index contributed by atoms with van der Waals surface area (Å²) in [6.45, 7) is 5.65. The molecule has 1 aromatic rings. The van der Waals surface area contributed by atoms with Crippen LogP contribution in [0.2, 0.25) is 0 Å². The summed E-state index contributed by atoms with van der Waals surface area (Å²) < 4.78 is 21.8. The predicted molar refractivity (Wildman–Crippen MR) is 82.7 cm³/mol. The maximum Gasteiger partial charge on any atom is 0.245 e. The molecule has 0 aromatic heterocycles. The van der Waals surface area contributed by atoms with Gasteiger partial charge < -0.3 is 18.9 Å². The number of ether oxygens (including phenoxy) is 4. The molecule has 1 amide bonds. The van der Waals surface area contributed by atoms with Crippen LogP contribution in [0.3, 0.4) is 0 Å². The summed E-state index contributed by atoms with van der Waals surface area (Å²) in [5.41, 5.74) is 4.06. The first-order valence-corrected chi connectivity index (χ1v) is 7.57. The van der Waals surface area contributed by atoms with E-state index in [9.17, 15) is 4.79 Å². The second kappa shape index (κ2) is 6.55. The number of fused-ring (bicyclic) bond motifs is 1. The summed E-state index contributed by atoms with van der Waals surface area (Å²) in [5.74, 6) is 0.298. The maximum atomic E-state index is 11.9. The molecular weight excluding hydrogens is 300 g/mol. The number of carbonyl (C=O) groups excluding carboxylic acids is 1. The van der Waals surface area contributed by atoms with Crippen LogP contribution in [0.25, 0.3) is 0 Å². The molecule has 7 heteroatoms. The van der Waals surface area contributed by atoms with E-state index in [1.54, 1.807) is 6.92 Å². The molecule has 23 heavy (non-hydrogen) atoms. The van der Waals surface area contributed by atoms with Crippen molar-refractivity contribution in [1.82, 2.24) is 5.43 Å². The van der Waals surface area contributed by atoms with E-state index in [2.05, 4.69) is 10.5 Å². The lowest BCUT2D eigenvalue weighted by Crippen LogP contribution is -2.33. The van der Waals surface area contributed by atoms with Gasteiger partial charge >= 0.3 is 0 Å². The minimum Gasteiger partial charge on any atom is -0.486 e. The molecule has 0 unspecified atom stereocenters. The van der Waals surface area contributed by atoms with E-state index in [0.29, 0.717) is 37.9 Å². The van der Waals surface area contributed by atoms with Gasteiger partial charge in [0, 0.05) is 5.56 Å². The first-order valence-electron chi connectivity index (χ1n) is 7.57. The van der Waals surface area contributed by atoms with Crippen LogP contribution in [-0.4, -0.2) is 43.8 Å². The summed E-state index contributed by atoms with van der Waals surface area (Å²) in [5, 5.41) is 4.13. The van der Waals surface area contributed by atoms with Crippen molar-refractivity contribution in [1.29, 1.82) is 0 Å². The molecule has 124 valence electrons. The minimum absolute atomic E-state index is 0.102. The Hall–Kier alpha value is -2.12. The van der Waals surface area contributed by atoms with Crippen molar-refractivity contribution < 1.29 is 23.7 Å². The van der Waals surface area contributed by atoms with Gasteiger partial charge in [-0.3, -0.25) is 4.79 Å². The zero-order valence-electron chi connectivity index (χ0n) is 13.3. The lowest BCUT2D eigenvalue weighted by molar-refractivity contribution is -0.159. The summed E-state index contributed by atoms with van der Waals surface area (Å²) >= 11 is 0. The van der Waals surface area contributed by atoms with Gasteiger partial charge in [-0.15, -0.1) is 0 Å². The highest BCUT2D eigenvalue weighted by molar-refractivity contribution is 5.99. The van der Waals surface area contributed by atoms with Gasteiger partial charge in [-0.25, -0.2) is 5.43 Å². The van der Waals surface area contributed by atoms with Crippen molar-refractivity contribution in [3.05, 3.63) is 23.8 Å². The topological polar surface area (TPSA) is 78.4 Å². The van der Waals surface area contributed by atoms with Crippen LogP contribution in [0.5, 0.6) is 11.5 Å². The van der Waals surface area contributed by atoms with Gasteiger partial charge in [-0.2, -0.15) is 5.10 Å².